The molecule has 31 heavy (non-hydrogen) atoms. The lowest BCUT2D eigenvalue weighted by atomic mass is 10.1. The Morgan fingerprint density at radius 1 is 1.03 bits per heavy atom. The normalized spacial score (nSPS) is 16.1. The number of nitrogens with zero attached hydrogens (tertiary/aromatic N) is 4. The van der Waals surface area contributed by atoms with Gasteiger partial charge in [-0.2, -0.15) is 0 Å². The minimum atomic E-state index is -0.423. The lowest BCUT2D eigenvalue weighted by molar-refractivity contribution is -0.136. The topological polar surface area (TPSA) is 41.4 Å². The third-order valence-corrected chi connectivity index (χ3v) is 7.08. The number of aromatic nitrogens is 2. The van der Waals surface area contributed by atoms with E-state index in [4.69, 9.17) is 39.8 Å². The molecule has 1 saturated heterocycles. The molecule has 1 amide bonds. The van der Waals surface area contributed by atoms with Crippen LogP contribution < -0.4 is 0 Å². The maximum absolute atomic E-state index is 13.4. The molecule has 2 heterocycles. The number of piperazine rings is 1. The molecular formula is C23H25Cl3N4O. The van der Waals surface area contributed by atoms with Gasteiger partial charge < -0.3 is 14.4 Å². The number of amides is 1. The van der Waals surface area contributed by atoms with Crippen LogP contribution in [0.3, 0.4) is 0 Å². The number of rotatable bonds is 5. The molecule has 0 bridgehead atoms. The zero-order chi connectivity index (χ0) is 22.1. The van der Waals surface area contributed by atoms with Gasteiger partial charge in [0, 0.05) is 37.6 Å². The average Bonchev–Trinajstić information content (AvgIpc) is 3.11. The van der Waals surface area contributed by atoms with Crippen molar-refractivity contribution in [2.45, 2.75) is 26.3 Å². The van der Waals surface area contributed by atoms with Crippen LogP contribution in [0.15, 0.2) is 36.4 Å². The summed E-state index contributed by atoms with van der Waals surface area (Å²) >= 11 is 19.0. The van der Waals surface area contributed by atoms with Crippen molar-refractivity contribution < 1.29 is 4.79 Å². The average molecular weight is 480 g/mol. The number of fused-ring (bicyclic) bond motifs is 1. The SMILES string of the molecule is CCN1CCN(C(=O)C(C)n2c(Cc3ccccc3Cl)nc3cc(Cl)c(Cl)cc32)CC1. The second kappa shape index (κ2) is 9.37. The summed E-state index contributed by atoms with van der Waals surface area (Å²) in [6, 6.07) is 10.8. The number of imidazole rings is 1. The highest BCUT2D eigenvalue weighted by Crippen LogP contribution is 2.32. The number of halogens is 3. The quantitative estimate of drug-likeness (QED) is 0.498. The highest BCUT2D eigenvalue weighted by atomic mass is 35.5. The van der Waals surface area contributed by atoms with Crippen LogP contribution >= 0.6 is 34.8 Å². The third-order valence-electron chi connectivity index (χ3n) is 5.99. The van der Waals surface area contributed by atoms with E-state index in [1.165, 1.54) is 0 Å². The van der Waals surface area contributed by atoms with Crippen LogP contribution in [0.25, 0.3) is 11.0 Å². The van der Waals surface area contributed by atoms with Gasteiger partial charge in [0.15, 0.2) is 0 Å². The summed E-state index contributed by atoms with van der Waals surface area (Å²) in [6.07, 6.45) is 0.505. The molecule has 1 aliphatic heterocycles. The Morgan fingerprint density at radius 3 is 2.39 bits per heavy atom. The maximum atomic E-state index is 13.4. The van der Waals surface area contributed by atoms with Gasteiger partial charge in [-0.1, -0.05) is 59.9 Å². The summed E-state index contributed by atoms with van der Waals surface area (Å²) in [5.74, 6) is 0.844. The van der Waals surface area contributed by atoms with E-state index in [1.807, 2.05) is 40.7 Å². The zero-order valence-corrected chi connectivity index (χ0v) is 19.9. The molecule has 1 aliphatic rings. The van der Waals surface area contributed by atoms with Gasteiger partial charge >= 0.3 is 0 Å². The van der Waals surface area contributed by atoms with Crippen LogP contribution in [-0.4, -0.2) is 58.0 Å². The molecular weight excluding hydrogens is 455 g/mol. The Balaban J connectivity index is 1.73. The summed E-state index contributed by atoms with van der Waals surface area (Å²) in [5.41, 5.74) is 2.46. The molecule has 164 valence electrons. The van der Waals surface area contributed by atoms with Crippen LogP contribution in [0.5, 0.6) is 0 Å². The highest BCUT2D eigenvalue weighted by molar-refractivity contribution is 6.42. The maximum Gasteiger partial charge on any atom is 0.245 e. The first-order valence-electron chi connectivity index (χ1n) is 10.5. The van der Waals surface area contributed by atoms with E-state index in [-0.39, 0.29) is 5.91 Å². The summed E-state index contributed by atoms with van der Waals surface area (Å²) in [6.45, 7) is 8.33. The molecule has 8 heteroatoms. The van der Waals surface area contributed by atoms with Gasteiger partial charge in [0.25, 0.3) is 0 Å². The number of benzene rings is 2. The summed E-state index contributed by atoms with van der Waals surface area (Å²) in [4.78, 5) is 22.5. The number of hydrogen-bond acceptors (Lipinski definition) is 3. The molecule has 3 aromatic rings. The van der Waals surface area contributed by atoms with Gasteiger partial charge in [0.05, 0.1) is 21.1 Å². The number of carbonyl (C=O) groups is 1. The second-order valence-electron chi connectivity index (χ2n) is 7.86. The van der Waals surface area contributed by atoms with Gasteiger partial charge in [-0.15, -0.1) is 0 Å². The van der Waals surface area contributed by atoms with Crippen molar-refractivity contribution in [1.29, 1.82) is 0 Å². The van der Waals surface area contributed by atoms with E-state index in [0.29, 0.717) is 27.0 Å². The van der Waals surface area contributed by atoms with E-state index < -0.39 is 6.04 Å². The lowest BCUT2D eigenvalue weighted by Crippen LogP contribution is -2.50. The van der Waals surface area contributed by atoms with Crippen LogP contribution in [-0.2, 0) is 11.2 Å². The molecule has 1 unspecified atom stereocenters. The molecule has 2 aromatic carbocycles. The molecule has 5 nitrogen and oxygen atoms in total. The van der Waals surface area contributed by atoms with E-state index in [0.717, 1.165) is 49.6 Å². The predicted molar refractivity (Wildman–Crippen MR) is 127 cm³/mol. The zero-order valence-electron chi connectivity index (χ0n) is 17.6. The van der Waals surface area contributed by atoms with Gasteiger partial charge in [-0.25, -0.2) is 4.98 Å². The standard InChI is InChI=1S/C23H25Cl3N4O/c1-3-28-8-10-29(11-9-28)23(31)15(2)30-21-14-19(26)18(25)13-20(21)27-22(30)12-16-6-4-5-7-17(16)24/h4-7,13-15H,3,8-12H2,1-2H3. The van der Waals surface area contributed by atoms with Gasteiger partial charge in [-0.05, 0) is 37.2 Å². The van der Waals surface area contributed by atoms with Crippen molar-refractivity contribution >= 4 is 51.7 Å². The first kappa shape index (κ1) is 22.4. The Labute approximate surface area is 197 Å². The lowest BCUT2D eigenvalue weighted by Gasteiger charge is -2.35. The largest absolute Gasteiger partial charge is 0.338 e. The summed E-state index contributed by atoms with van der Waals surface area (Å²) < 4.78 is 1.98. The third kappa shape index (κ3) is 4.56. The molecule has 4 rings (SSSR count). The van der Waals surface area contributed by atoms with Gasteiger partial charge in [-0.3, -0.25) is 4.79 Å². The van der Waals surface area contributed by atoms with Crippen molar-refractivity contribution in [1.82, 2.24) is 19.4 Å². The van der Waals surface area contributed by atoms with Crippen molar-refractivity contribution in [3.8, 4) is 0 Å². The molecule has 0 aliphatic carbocycles. The van der Waals surface area contributed by atoms with Crippen molar-refractivity contribution in [3.63, 3.8) is 0 Å². The Hall–Kier alpha value is -1.79. The van der Waals surface area contributed by atoms with Crippen molar-refractivity contribution in [2.75, 3.05) is 32.7 Å². The first-order chi connectivity index (χ1) is 14.9. The predicted octanol–water partition coefficient (Wildman–Crippen LogP) is 5.31. The smallest absolute Gasteiger partial charge is 0.245 e. The van der Waals surface area contributed by atoms with E-state index in [1.54, 1.807) is 12.1 Å². The molecule has 0 N–H and O–H groups in total. The minimum absolute atomic E-state index is 0.0848. The van der Waals surface area contributed by atoms with E-state index in [2.05, 4.69) is 11.8 Å². The van der Waals surface area contributed by atoms with Crippen LogP contribution in [0.1, 0.15) is 31.3 Å². The number of hydrogen-bond donors (Lipinski definition) is 0. The Bertz CT molecular complexity index is 1110. The second-order valence-corrected chi connectivity index (χ2v) is 9.08. The monoisotopic (exact) mass is 478 g/mol. The van der Waals surface area contributed by atoms with Gasteiger partial charge in [0.2, 0.25) is 5.91 Å². The van der Waals surface area contributed by atoms with Crippen LogP contribution in [0, 0.1) is 0 Å². The summed E-state index contributed by atoms with van der Waals surface area (Å²) in [5, 5.41) is 1.56. The Kier molecular flexibility index (Phi) is 6.77. The number of likely N-dealkylation sites (N-methyl/N-ethyl adjacent to an activating group) is 1. The molecule has 1 atom stereocenters. The van der Waals surface area contributed by atoms with Crippen LogP contribution in [0.2, 0.25) is 15.1 Å². The molecule has 0 radical (unpaired) electrons. The molecule has 0 saturated carbocycles. The van der Waals surface area contributed by atoms with Gasteiger partial charge in [0.1, 0.15) is 11.9 Å². The van der Waals surface area contributed by atoms with Crippen LogP contribution in [0.4, 0.5) is 0 Å². The summed E-state index contributed by atoms with van der Waals surface area (Å²) in [7, 11) is 0. The van der Waals surface area contributed by atoms with E-state index >= 15 is 0 Å². The molecule has 1 fully saturated rings. The first-order valence-corrected chi connectivity index (χ1v) is 11.6. The number of carbonyl (C=O) groups excluding carboxylic acids is 1. The molecule has 0 spiro atoms. The van der Waals surface area contributed by atoms with E-state index in [9.17, 15) is 4.79 Å². The van der Waals surface area contributed by atoms with Crippen molar-refractivity contribution in [3.05, 3.63) is 62.9 Å². The fourth-order valence-electron chi connectivity index (χ4n) is 4.17. The minimum Gasteiger partial charge on any atom is -0.338 e. The fraction of sp³-hybridized carbons (Fsp3) is 0.391. The highest BCUT2D eigenvalue weighted by Gasteiger charge is 2.28. The van der Waals surface area contributed by atoms with Crippen molar-refractivity contribution in [2.24, 2.45) is 0 Å². The Morgan fingerprint density at radius 2 is 1.71 bits per heavy atom. The molecule has 1 aromatic heterocycles. The fourth-order valence-corrected chi connectivity index (χ4v) is 4.69.